The highest BCUT2D eigenvalue weighted by atomic mass is 35.5. The van der Waals surface area contributed by atoms with Crippen molar-refractivity contribution in [2.45, 2.75) is 74.2 Å². The van der Waals surface area contributed by atoms with E-state index in [2.05, 4.69) is 5.32 Å². The second-order valence-electron chi connectivity index (χ2n) is 9.59. The van der Waals surface area contributed by atoms with Crippen LogP contribution in [0.5, 0.6) is 5.75 Å². The molecule has 8 nitrogen and oxygen atoms in total. The molecule has 10 heteroatoms. The summed E-state index contributed by atoms with van der Waals surface area (Å²) in [7, 11) is 0. The number of nitrogens with two attached hydrogens (primary N) is 1. The number of rotatable bonds is 4. The number of hydrogen-bond acceptors (Lipinski definition) is 6. The van der Waals surface area contributed by atoms with Crippen molar-refractivity contribution in [2.75, 3.05) is 6.61 Å². The van der Waals surface area contributed by atoms with E-state index in [1.54, 1.807) is 26.0 Å². The van der Waals surface area contributed by atoms with E-state index in [-0.39, 0.29) is 10.8 Å². The molecule has 0 bridgehead atoms. The zero-order valence-electron chi connectivity index (χ0n) is 18.8. The first-order valence-electron chi connectivity index (χ1n) is 10.4. The molecule has 1 aromatic carbocycles. The first-order valence-corrected chi connectivity index (χ1v) is 11.7. The zero-order chi connectivity index (χ0) is 24.0. The van der Waals surface area contributed by atoms with E-state index < -0.39 is 40.1 Å². The van der Waals surface area contributed by atoms with Gasteiger partial charge in [0.2, 0.25) is 11.8 Å². The summed E-state index contributed by atoms with van der Waals surface area (Å²) in [6.07, 6.45) is 0.776. The number of carboxylic acids is 1. The minimum atomic E-state index is -1.04. The predicted octanol–water partition coefficient (Wildman–Crippen LogP) is 2.28. The van der Waals surface area contributed by atoms with Gasteiger partial charge in [0, 0.05) is 16.0 Å². The number of nitrogens with one attached hydrogen (secondary N) is 1. The van der Waals surface area contributed by atoms with Crippen LogP contribution in [0.4, 0.5) is 0 Å². The molecule has 2 amide bonds. The molecule has 2 fully saturated rings. The quantitative estimate of drug-likeness (QED) is 0.443. The Hall–Kier alpha value is -1.97. The molecule has 0 saturated carbocycles. The van der Waals surface area contributed by atoms with Gasteiger partial charge in [0.25, 0.3) is 0 Å². The summed E-state index contributed by atoms with van der Waals surface area (Å²) >= 11 is 6.91. The highest BCUT2D eigenvalue weighted by Crippen LogP contribution is 2.50. The number of alkyl halides is 1. The van der Waals surface area contributed by atoms with Gasteiger partial charge in [-0.15, -0.1) is 23.4 Å². The van der Waals surface area contributed by atoms with E-state index in [1.807, 2.05) is 26.8 Å². The average molecular weight is 484 g/mol. The number of halogens is 1. The maximum atomic E-state index is 12.6. The number of carbonyl (C=O) groups is 3. The molecule has 0 aromatic heterocycles. The summed E-state index contributed by atoms with van der Waals surface area (Å²) in [6, 6.07) is 2.83. The van der Waals surface area contributed by atoms with Crippen LogP contribution in [0.3, 0.4) is 0 Å². The molecule has 32 heavy (non-hydrogen) atoms. The molecule has 4 rings (SSSR count). The Bertz CT molecular complexity index is 927. The van der Waals surface area contributed by atoms with Crippen LogP contribution in [0.2, 0.25) is 0 Å². The lowest BCUT2D eigenvalue weighted by atomic mass is 9.95. The SMILES string of the molecule is CC(C)(C)Cl.CC1(C)SC2C(NC(=O)C(N)c3ccc4c(c3)CCO4)C(=O)N2C1C(=O)O. The molecule has 2 saturated heterocycles. The number of β-lactam (4-membered cyclic amide) rings is 1. The molecule has 4 N–H and O–H groups in total. The van der Waals surface area contributed by atoms with Crippen molar-refractivity contribution in [3.8, 4) is 5.75 Å². The van der Waals surface area contributed by atoms with Gasteiger partial charge in [-0.2, -0.15) is 0 Å². The maximum Gasteiger partial charge on any atom is 0.327 e. The number of carboxylic acid groups (broad SMARTS) is 1. The largest absolute Gasteiger partial charge is 0.493 e. The van der Waals surface area contributed by atoms with Gasteiger partial charge in [0.05, 0.1) is 6.61 Å². The molecule has 0 aliphatic carbocycles. The fraction of sp³-hybridized carbons (Fsp3) is 0.591. The Kier molecular flexibility index (Phi) is 6.75. The molecule has 4 atom stereocenters. The standard InChI is InChI=1S/C18H21N3O5S.C4H9Cl/c1-18(2)13(17(24)25)21-15(23)12(16(21)27-18)20-14(22)11(19)9-3-4-10-8(7-9)5-6-26-10;1-4(2,3)5/h3-4,7,11-13,16H,5-6,19H2,1-2H3,(H,20,22)(H,24,25);1-3H3. The summed E-state index contributed by atoms with van der Waals surface area (Å²) < 4.78 is 4.82. The topological polar surface area (TPSA) is 122 Å². The summed E-state index contributed by atoms with van der Waals surface area (Å²) in [5.74, 6) is -1.07. The van der Waals surface area contributed by atoms with E-state index in [9.17, 15) is 19.5 Å². The van der Waals surface area contributed by atoms with Gasteiger partial charge in [-0.25, -0.2) is 4.79 Å². The molecule has 3 aliphatic rings. The molecule has 4 unspecified atom stereocenters. The van der Waals surface area contributed by atoms with Crippen LogP contribution in [0.25, 0.3) is 0 Å². The van der Waals surface area contributed by atoms with Crippen molar-refractivity contribution in [1.82, 2.24) is 10.2 Å². The van der Waals surface area contributed by atoms with E-state index in [1.165, 1.54) is 16.7 Å². The third-order valence-electron chi connectivity index (χ3n) is 5.33. The van der Waals surface area contributed by atoms with Crippen LogP contribution < -0.4 is 15.8 Å². The van der Waals surface area contributed by atoms with Crippen molar-refractivity contribution in [3.05, 3.63) is 29.3 Å². The predicted molar refractivity (Wildman–Crippen MR) is 124 cm³/mol. The van der Waals surface area contributed by atoms with Gasteiger partial charge < -0.3 is 25.8 Å². The lowest BCUT2D eigenvalue weighted by Crippen LogP contribution is -2.71. The Morgan fingerprint density at radius 1 is 1.38 bits per heavy atom. The van der Waals surface area contributed by atoms with Crippen molar-refractivity contribution in [1.29, 1.82) is 0 Å². The van der Waals surface area contributed by atoms with Crippen LogP contribution in [-0.4, -0.2) is 61.5 Å². The molecule has 176 valence electrons. The van der Waals surface area contributed by atoms with Crippen LogP contribution in [0, 0.1) is 0 Å². The minimum Gasteiger partial charge on any atom is -0.493 e. The Labute approximate surface area is 197 Å². The number of hydrogen-bond donors (Lipinski definition) is 3. The van der Waals surface area contributed by atoms with Crippen molar-refractivity contribution in [2.24, 2.45) is 5.73 Å². The van der Waals surface area contributed by atoms with Crippen molar-refractivity contribution < 1.29 is 24.2 Å². The van der Waals surface area contributed by atoms with Crippen LogP contribution in [0.1, 0.15) is 51.8 Å². The molecule has 3 heterocycles. The van der Waals surface area contributed by atoms with Gasteiger partial charge in [-0.3, -0.25) is 9.59 Å². The summed E-state index contributed by atoms with van der Waals surface area (Å²) in [4.78, 5) is 37.9. The number of thioether (sulfide) groups is 1. The highest BCUT2D eigenvalue weighted by molar-refractivity contribution is 8.01. The monoisotopic (exact) mass is 483 g/mol. The van der Waals surface area contributed by atoms with Gasteiger partial charge in [0.15, 0.2) is 0 Å². The fourth-order valence-electron chi connectivity index (χ4n) is 3.94. The van der Waals surface area contributed by atoms with Gasteiger partial charge >= 0.3 is 5.97 Å². The number of amides is 2. The van der Waals surface area contributed by atoms with Crippen LogP contribution in [0.15, 0.2) is 18.2 Å². The molecule has 0 radical (unpaired) electrons. The number of ether oxygens (including phenoxy) is 1. The van der Waals surface area contributed by atoms with Crippen LogP contribution in [-0.2, 0) is 20.8 Å². The Morgan fingerprint density at radius 2 is 2.00 bits per heavy atom. The molecular weight excluding hydrogens is 454 g/mol. The molecule has 3 aliphatic heterocycles. The lowest BCUT2D eigenvalue weighted by molar-refractivity contribution is -0.161. The first-order chi connectivity index (χ1) is 14.7. The van der Waals surface area contributed by atoms with Crippen LogP contribution >= 0.6 is 23.4 Å². The fourth-order valence-corrected chi connectivity index (χ4v) is 5.57. The Balaban J connectivity index is 0.000000523. The highest BCUT2D eigenvalue weighted by Gasteiger charge is 2.64. The number of nitrogens with zero attached hydrogens (tertiary/aromatic N) is 1. The van der Waals surface area contributed by atoms with E-state index in [0.29, 0.717) is 12.2 Å². The smallest absolute Gasteiger partial charge is 0.327 e. The number of aliphatic carboxylic acids is 1. The second kappa shape index (κ2) is 8.76. The third-order valence-corrected chi connectivity index (χ3v) is 6.90. The second-order valence-corrected chi connectivity index (χ2v) is 12.5. The number of benzene rings is 1. The normalized spacial score (nSPS) is 26.0. The third kappa shape index (κ3) is 5.00. The maximum absolute atomic E-state index is 12.6. The summed E-state index contributed by atoms with van der Waals surface area (Å²) in [5.41, 5.74) is 7.76. The van der Waals surface area contributed by atoms with Crippen molar-refractivity contribution in [3.63, 3.8) is 0 Å². The molecule has 0 spiro atoms. The summed E-state index contributed by atoms with van der Waals surface area (Å²) in [5, 5.41) is 11.8. The van der Waals surface area contributed by atoms with E-state index >= 15 is 0 Å². The number of carbonyl (C=O) groups excluding carboxylic acids is 2. The lowest BCUT2D eigenvalue weighted by Gasteiger charge is -2.43. The minimum absolute atomic E-state index is 0.0278. The first kappa shape index (κ1) is 24.7. The van der Waals surface area contributed by atoms with Gasteiger partial charge in [-0.1, -0.05) is 6.07 Å². The average Bonchev–Trinajstić information content (AvgIpc) is 3.23. The van der Waals surface area contributed by atoms with Gasteiger partial charge in [0.1, 0.15) is 29.2 Å². The van der Waals surface area contributed by atoms with Gasteiger partial charge in [-0.05, 0) is 57.9 Å². The molecule has 1 aromatic rings. The number of fused-ring (bicyclic) bond motifs is 2. The van der Waals surface area contributed by atoms with E-state index in [0.717, 1.165) is 17.7 Å². The molecular formula is C22H30ClN3O5S. The Morgan fingerprint density at radius 3 is 2.59 bits per heavy atom. The zero-order valence-corrected chi connectivity index (χ0v) is 20.4. The van der Waals surface area contributed by atoms with Crippen molar-refractivity contribution >= 4 is 41.1 Å². The summed E-state index contributed by atoms with van der Waals surface area (Å²) in [6.45, 7) is 10.1. The van der Waals surface area contributed by atoms with E-state index in [4.69, 9.17) is 22.1 Å².